The summed E-state index contributed by atoms with van der Waals surface area (Å²) >= 11 is 0. The van der Waals surface area contributed by atoms with Gasteiger partial charge in [0.25, 0.3) is 0 Å². The number of pyridine rings is 1. The van der Waals surface area contributed by atoms with Gasteiger partial charge in [0.15, 0.2) is 0 Å². The molecule has 5 heteroatoms. The van der Waals surface area contributed by atoms with Crippen LogP contribution in [0.25, 0.3) is 0 Å². The molecule has 5 nitrogen and oxygen atoms in total. The predicted molar refractivity (Wildman–Crippen MR) is 113 cm³/mol. The lowest BCUT2D eigenvalue weighted by atomic mass is 10.1. The van der Waals surface area contributed by atoms with Crippen LogP contribution in [0.2, 0.25) is 0 Å². The van der Waals surface area contributed by atoms with Gasteiger partial charge in [0, 0.05) is 24.8 Å². The fraction of sp³-hybridized carbons (Fsp3) is 0.250. The van der Waals surface area contributed by atoms with Gasteiger partial charge in [-0.3, -0.25) is 9.69 Å². The molecule has 1 aliphatic rings. The Balaban J connectivity index is 1.41. The van der Waals surface area contributed by atoms with E-state index >= 15 is 0 Å². The number of fused-ring (bicyclic) bond motifs is 1. The van der Waals surface area contributed by atoms with Crippen LogP contribution in [0.1, 0.15) is 39.5 Å². The number of hydrogen-bond donors (Lipinski definition) is 1. The minimum atomic E-state index is -0.496. The van der Waals surface area contributed by atoms with Gasteiger partial charge in [-0.2, -0.15) is 0 Å². The van der Waals surface area contributed by atoms with Gasteiger partial charge in [-0.25, -0.2) is 4.98 Å². The fourth-order valence-electron chi connectivity index (χ4n) is 3.91. The van der Waals surface area contributed by atoms with Crippen LogP contribution >= 0.6 is 0 Å². The summed E-state index contributed by atoms with van der Waals surface area (Å²) in [6.45, 7) is 1.03. The minimum Gasteiger partial charge on any atom is -0.439 e. The van der Waals surface area contributed by atoms with Crippen molar-refractivity contribution in [1.82, 2.24) is 9.88 Å². The van der Waals surface area contributed by atoms with Crippen LogP contribution in [0.4, 0.5) is 0 Å². The largest absolute Gasteiger partial charge is 0.439 e. The maximum Gasteiger partial charge on any atom is 0.250 e. The van der Waals surface area contributed by atoms with Crippen LogP contribution in [0.5, 0.6) is 11.6 Å². The molecule has 0 radical (unpaired) electrons. The van der Waals surface area contributed by atoms with E-state index in [4.69, 9.17) is 10.5 Å². The second-order valence-electron chi connectivity index (χ2n) is 7.48. The third kappa shape index (κ3) is 4.46. The number of primary amides is 1. The first kappa shape index (κ1) is 19.2. The van der Waals surface area contributed by atoms with Gasteiger partial charge in [0.2, 0.25) is 11.8 Å². The second-order valence-corrected chi connectivity index (χ2v) is 7.48. The summed E-state index contributed by atoms with van der Waals surface area (Å²) < 4.78 is 5.86. The number of ether oxygens (including phenoxy) is 1. The van der Waals surface area contributed by atoms with Gasteiger partial charge < -0.3 is 10.5 Å². The smallest absolute Gasteiger partial charge is 0.250 e. The van der Waals surface area contributed by atoms with Crippen molar-refractivity contribution in [2.45, 2.75) is 25.3 Å². The van der Waals surface area contributed by atoms with Gasteiger partial charge in [0.1, 0.15) is 5.75 Å². The lowest BCUT2D eigenvalue weighted by molar-refractivity contribution is 0.1000. The standard InChI is InChI=1S/C24H25N3O2/c1-27(14-13-17-5-3-2-4-6-17)22-11-7-18-15-20(9-10-21(18)22)29-23-12-8-19(16-26-23)24(25)28/h2-6,8-10,12,15-16,22H,7,11,13-14H2,1H3,(H2,25,28). The maximum absolute atomic E-state index is 11.1. The first-order valence-electron chi connectivity index (χ1n) is 9.91. The summed E-state index contributed by atoms with van der Waals surface area (Å²) in [5, 5.41) is 0. The number of nitrogens with two attached hydrogens (primary N) is 1. The van der Waals surface area contributed by atoms with Crippen LogP contribution in [0, 0.1) is 0 Å². The Hall–Kier alpha value is -3.18. The van der Waals surface area contributed by atoms with E-state index in [1.165, 1.54) is 22.9 Å². The number of carbonyl (C=O) groups is 1. The van der Waals surface area contributed by atoms with E-state index in [0.717, 1.165) is 31.6 Å². The zero-order valence-corrected chi connectivity index (χ0v) is 16.5. The van der Waals surface area contributed by atoms with Crippen molar-refractivity contribution in [1.29, 1.82) is 0 Å². The second kappa shape index (κ2) is 8.45. The topological polar surface area (TPSA) is 68.5 Å². The molecule has 1 heterocycles. The van der Waals surface area contributed by atoms with Crippen LogP contribution in [-0.2, 0) is 12.8 Å². The molecular formula is C24H25N3O2. The molecule has 148 valence electrons. The van der Waals surface area contributed by atoms with Gasteiger partial charge in [-0.05, 0) is 61.2 Å². The van der Waals surface area contributed by atoms with Crippen LogP contribution < -0.4 is 10.5 Å². The zero-order chi connectivity index (χ0) is 20.2. The number of likely N-dealkylation sites (N-methyl/N-ethyl adjacent to an activating group) is 1. The summed E-state index contributed by atoms with van der Waals surface area (Å²) in [6.07, 6.45) is 4.65. The van der Waals surface area contributed by atoms with Crippen LogP contribution in [0.15, 0.2) is 66.9 Å². The quantitative estimate of drug-likeness (QED) is 0.662. The molecule has 4 rings (SSSR count). The number of aryl methyl sites for hydroxylation is 1. The molecular weight excluding hydrogens is 362 g/mol. The number of benzene rings is 2. The van der Waals surface area contributed by atoms with Gasteiger partial charge in [-0.15, -0.1) is 0 Å². The summed E-state index contributed by atoms with van der Waals surface area (Å²) in [5.41, 5.74) is 9.69. The molecule has 2 aromatic carbocycles. The van der Waals surface area contributed by atoms with Crippen LogP contribution in [0.3, 0.4) is 0 Å². The highest BCUT2D eigenvalue weighted by Crippen LogP contribution is 2.37. The van der Waals surface area contributed by atoms with E-state index in [0.29, 0.717) is 17.5 Å². The average Bonchev–Trinajstić information content (AvgIpc) is 3.16. The Labute approximate surface area is 171 Å². The summed E-state index contributed by atoms with van der Waals surface area (Å²) in [4.78, 5) is 17.8. The van der Waals surface area contributed by atoms with Crippen LogP contribution in [-0.4, -0.2) is 29.4 Å². The number of rotatable bonds is 7. The molecule has 1 atom stereocenters. The molecule has 1 aromatic heterocycles. The van der Waals surface area contributed by atoms with E-state index in [9.17, 15) is 4.79 Å². The summed E-state index contributed by atoms with van der Waals surface area (Å²) in [7, 11) is 2.21. The SMILES string of the molecule is CN(CCc1ccccc1)C1CCc2cc(Oc3ccc(C(N)=O)cn3)ccc21. The molecule has 1 amide bonds. The number of hydrogen-bond acceptors (Lipinski definition) is 4. The van der Waals surface area contributed by atoms with E-state index in [1.807, 2.05) is 6.07 Å². The van der Waals surface area contributed by atoms with Gasteiger partial charge in [-0.1, -0.05) is 36.4 Å². The highest BCUT2D eigenvalue weighted by atomic mass is 16.5. The number of amides is 1. The van der Waals surface area contributed by atoms with Crippen molar-refractivity contribution < 1.29 is 9.53 Å². The molecule has 0 aliphatic heterocycles. The highest BCUT2D eigenvalue weighted by Gasteiger charge is 2.26. The molecule has 1 unspecified atom stereocenters. The van der Waals surface area contributed by atoms with E-state index in [-0.39, 0.29) is 0 Å². The summed E-state index contributed by atoms with van der Waals surface area (Å²) in [5.74, 6) is 0.712. The Kier molecular flexibility index (Phi) is 5.58. The van der Waals surface area contributed by atoms with Crippen molar-refractivity contribution in [2.75, 3.05) is 13.6 Å². The first-order chi connectivity index (χ1) is 14.1. The third-order valence-corrected chi connectivity index (χ3v) is 5.53. The van der Waals surface area contributed by atoms with E-state index in [2.05, 4.69) is 59.4 Å². The Morgan fingerprint density at radius 3 is 2.72 bits per heavy atom. The van der Waals surface area contributed by atoms with Gasteiger partial charge in [0.05, 0.1) is 5.56 Å². The molecule has 2 N–H and O–H groups in total. The number of aromatic nitrogens is 1. The van der Waals surface area contributed by atoms with Crippen molar-refractivity contribution in [3.05, 3.63) is 89.1 Å². The van der Waals surface area contributed by atoms with E-state index < -0.39 is 5.91 Å². The number of carbonyl (C=O) groups excluding carboxylic acids is 1. The van der Waals surface area contributed by atoms with Crippen molar-refractivity contribution in [2.24, 2.45) is 5.73 Å². The Morgan fingerprint density at radius 1 is 1.17 bits per heavy atom. The summed E-state index contributed by atoms with van der Waals surface area (Å²) in [6, 6.07) is 20.6. The monoisotopic (exact) mass is 387 g/mol. The molecule has 1 aliphatic carbocycles. The molecule has 3 aromatic rings. The van der Waals surface area contributed by atoms with Crippen molar-refractivity contribution in [3.8, 4) is 11.6 Å². The highest BCUT2D eigenvalue weighted by molar-refractivity contribution is 5.92. The van der Waals surface area contributed by atoms with Crippen molar-refractivity contribution in [3.63, 3.8) is 0 Å². The predicted octanol–water partition coefficient (Wildman–Crippen LogP) is 4.13. The maximum atomic E-state index is 11.1. The Bertz CT molecular complexity index is 987. The Morgan fingerprint density at radius 2 is 2.00 bits per heavy atom. The van der Waals surface area contributed by atoms with Gasteiger partial charge >= 0.3 is 0 Å². The molecule has 0 fully saturated rings. The minimum absolute atomic E-state index is 0.368. The lowest BCUT2D eigenvalue weighted by Crippen LogP contribution is -2.25. The fourth-order valence-corrected chi connectivity index (χ4v) is 3.91. The van der Waals surface area contributed by atoms with E-state index in [1.54, 1.807) is 12.1 Å². The molecule has 0 saturated carbocycles. The molecule has 0 spiro atoms. The number of nitrogens with zero attached hydrogens (tertiary/aromatic N) is 2. The lowest BCUT2D eigenvalue weighted by Gasteiger charge is -2.25. The third-order valence-electron chi connectivity index (χ3n) is 5.53. The molecule has 29 heavy (non-hydrogen) atoms. The molecule has 0 saturated heterocycles. The van der Waals surface area contributed by atoms with Crippen molar-refractivity contribution >= 4 is 5.91 Å². The zero-order valence-electron chi connectivity index (χ0n) is 16.5. The average molecular weight is 387 g/mol. The normalized spacial score (nSPS) is 15.3. The first-order valence-corrected chi connectivity index (χ1v) is 9.91. The molecule has 0 bridgehead atoms.